The fourth-order valence-corrected chi connectivity index (χ4v) is 3.47. The minimum atomic E-state index is -1.44. The number of carboxylic acids is 1. The lowest BCUT2D eigenvalue weighted by Crippen LogP contribution is -2.56. The van der Waals surface area contributed by atoms with Crippen LogP contribution >= 0.6 is 0 Å². The minimum Gasteiger partial charge on any atom is -0.477 e. The molecule has 1 aliphatic heterocycles. The molecule has 9 heteroatoms. The van der Waals surface area contributed by atoms with Gasteiger partial charge in [0.15, 0.2) is 5.82 Å². The molecule has 1 aromatic carbocycles. The molecular formula is C19H23F2N3O4. The summed E-state index contributed by atoms with van der Waals surface area (Å²) in [6.07, 6.45) is 0.654. The van der Waals surface area contributed by atoms with Crippen LogP contribution in [-0.2, 0) is 11.3 Å². The van der Waals surface area contributed by atoms with Crippen molar-refractivity contribution in [2.24, 2.45) is 5.73 Å². The molecule has 1 atom stereocenters. The quantitative estimate of drug-likeness (QED) is 0.821. The maximum atomic E-state index is 15.4. The molecule has 1 unspecified atom stereocenters. The van der Waals surface area contributed by atoms with E-state index in [0.717, 1.165) is 12.3 Å². The summed E-state index contributed by atoms with van der Waals surface area (Å²) in [5.74, 6) is -3.27. The Balaban J connectivity index is 2.22. The van der Waals surface area contributed by atoms with Crippen LogP contribution in [0.25, 0.3) is 10.9 Å². The first-order valence-corrected chi connectivity index (χ1v) is 9.00. The molecule has 1 aliphatic rings. The van der Waals surface area contributed by atoms with Crippen LogP contribution in [0.4, 0.5) is 14.5 Å². The number of carbonyl (C=O) groups is 1. The molecule has 0 radical (unpaired) electrons. The van der Waals surface area contributed by atoms with Crippen molar-refractivity contribution in [2.75, 3.05) is 24.6 Å². The predicted molar refractivity (Wildman–Crippen MR) is 101 cm³/mol. The van der Waals surface area contributed by atoms with Crippen molar-refractivity contribution in [1.29, 1.82) is 0 Å². The van der Waals surface area contributed by atoms with Gasteiger partial charge in [-0.2, -0.15) is 0 Å². The Kier molecular flexibility index (Phi) is 5.16. The van der Waals surface area contributed by atoms with Crippen LogP contribution in [-0.4, -0.2) is 47.0 Å². The van der Waals surface area contributed by atoms with E-state index in [9.17, 15) is 19.1 Å². The van der Waals surface area contributed by atoms with Crippen LogP contribution in [0, 0.1) is 11.6 Å². The summed E-state index contributed by atoms with van der Waals surface area (Å²) >= 11 is 0. The highest BCUT2D eigenvalue weighted by atomic mass is 19.1. The summed E-state index contributed by atoms with van der Waals surface area (Å²) in [7, 11) is 0. The number of hydrogen-bond donors (Lipinski definition) is 2. The first-order chi connectivity index (χ1) is 13.1. The number of nitrogens with two attached hydrogens (primary N) is 1. The fourth-order valence-electron chi connectivity index (χ4n) is 3.47. The van der Waals surface area contributed by atoms with Crippen molar-refractivity contribution in [2.45, 2.75) is 39.0 Å². The van der Waals surface area contributed by atoms with Crippen molar-refractivity contribution < 1.29 is 23.4 Å². The molecule has 0 bridgehead atoms. The Labute approximate surface area is 160 Å². The van der Waals surface area contributed by atoms with Crippen LogP contribution in [0.5, 0.6) is 0 Å². The van der Waals surface area contributed by atoms with Crippen LogP contribution in [0.1, 0.15) is 31.1 Å². The number of pyridine rings is 1. The van der Waals surface area contributed by atoms with Gasteiger partial charge in [0, 0.05) is 31.4 Å². The van der Waals surface area contributed by atoms with Crippen molar-refractivity contribution in [3.8, 4) is 0 Å². The first kappa shape index (κ1) is 20.2. The van der Waals surface area contributed by atoms with Crippen molar-refractivity contribution in [3.05, 3.63) is 39.7 Å². The molecule has 152 valence electrons. The number of halogens is 2. The van der Waals surface area contributed by atoms with E-state index < -0.39 is 40.2 Å². The zero-order chi connectivity index (χ0) is 20.8. The Morgan fingerprint density at radius 3 is 2.68 bits per heavy atom. The predicted octanol–water partition coefficient (Wildman–Crippen LogP) is 1.94. The molecule has 7 nitrogen and oxygen atoms in total. The third-order valence-corrected chi connectivity index (χ3v) is 5.01. The number of ether oxygens (including phenoxy) is 1. The number of rotatable bonds is 4. The number of aromatic nitrogens is 1. The number of hydrogen-bond acceptors (Lipinski definition) is 5. The number of morpholine rings is 1. The first-order valence-electron chi connectivity index (χ1n) is 9.00. The molecule has 3 N–H and O–H groups in total. The number of benzene rings is 1. The highest BCUT2D eigenvalue weighted by Gasteiger charge is 2.34. The largest absolute Gasteiger partial charge is 0.477 e. The van der Waals surface area contributed by atoms with Crippen molar-refractivity contribution in [3.63, 3.8) is 0 Å². The lowest BCUT2D eigenvalue weighted by Gasteiger charge is -2.40. The molecule has 0 saturated carbocycles. The normalized spacial score (nSPS) is 17.9. The molecule has 1 saturated heterocycles. The van der Waals surface area contributed by atoms with Gasteiger partial charge in [-0.3, -0.25) is 4.79 Å². The second-order valence-electron chi connectivity index (χ2n) is 7.51. The van der Waals surface area contributed by atoms with Gasteiger partial charge in [0.1, 0.15) is 17.1 Å². The van der Waals surface area contributed by atoms with Gasteiger partial charge in [-0.25, -0.2) is 13.6 Å². The second-order valence-corrected chi connectivity index (χ2v) is 7.51. The van der Waals surface area contributed by atoms with E-state index >= 15 is 4.39 Å². The van der Waals surface area contributed by atoms with Gasteiger partial charge in [-0.1, -0.05) is 0 Å². The van der Waals surface area contributed by atoms with Gasteiger partial charge in [0.25, 0.3) is 0 Å². The van der Waals surface area contributed by atoms with E-state index in [1.165, 1.54) is 9.47 Å². The maximum Gasteiger partial charge on any atom is 0.341 e. The number of carboxylic acid groups (broad SMARTS) is 1. The average molecular weight is 395 g/mol. The van der Waals surface area contributed by atoms with E-state index in [-0.39, 0.29) is 42.8 Å². The zero-order valence-corrected chi connectivity index (χ0v) is 16.0. The average Bonchev–Trinajstić information content (AvgIpc) is 2.62. The second kappa shape index (κ2) is 7.14. The smallest absolute Gasteiger partial charge is 0.341 e. The topological polar surface area (TPSA) is 97.8 Å². The van der Waals surface area contributed by atoms with Gasteiger partial charge < -0.3 is 25.0 Å². The summed E-state index contributed by atoms with van der Waals surface area (Å²) in [6, 6.07) is 0.909. The number of fused-ring (bicyclic) bond motifs is 1. The summed E-state index contributed by atoms with van der Waals surface area (Å²) in [5, 5.41) is 8.91. The zero-order valence-electron chi connectivity index (χ0n) is 16.0. The van der Waals surface area contributed by atoms with Crippen LogP contribution in [0.15, 0.2) is 17.1 Å². The monoisotopic (exact) mass is 395 g/mol. The van der Waals surface area contributed by atoms with Gasteiger partial charge in [-0.05, 0) is 26.8 Å². The van der Waals surface area contributed by atoms with E-state index in [1.54, 1.807) is 20.8 Å². The molecule has 0 spiro atoms. The Morgan fingerprint density at radius 1 is 1.43 bits per heavy atom. The van der Waals surface area contributed by atoms with E-state index in [0.29, 0.717) is 0 Å². The number of anilines is 1. The van der Waals surface area contributed by atoms with Crippen molar-refractivity contribution in [1.82, 2.24) is 4.57 Å². The molecule has 2 aromatic rings. The fraction of sp³-hybridized carbons (Fsp3) is 0.474. The third kappa shape index (κ3) is 3.35. The van der Waals surface area contributed by atoms with E-state index in [2.05, 4.69) is 0 Å². The lowest BCUT2D eigenvalue weighted by molar-refractivity contribution is -0.000552. The van der Waals surface area contributed by atoms with Gasteiger partial charge in [0.05, 0.1) is 23.6 Å². The Morgan fingerprint density at radius 2 is 2.11 bits per heavy atom. The highest BCUT2D eigenvalue weighted by Crippen LogP contribution is 2.32. The number of nitrogens with zero attached hydrogens (tertiary/aromatic N) is 2. The molecule has 2 heterocycles. The maximum absolute atomic E-state index is 15.4. The van der Waals surface area contributed by atoms with Crippen LogP contribution in [0.2, 0.25) is 0 Å². The van der Waals surface area contributed by atoms with Crippen LogP contribution < -0.4 is 16.1 Å². The summed E-state index contributed by atoms with van der Waals surface area (Å²) in [4.78, 5) is 25.3. The van der Waals surface area contributed by atoms with Gasteiger partial charge in [-0.15, -0.1) is 0 Å². The molecular weight excluding hydrogens is 372 g/mol. The van der Waals surface area contributed by atoms with Crippen LogP contribution in [0.3, 0.4) is 0 Å². The minimum absolute atomic E-state index is 0.121. The third-order valence-electron chi connectivity index (χ3n) is 5.01. The molecule has 0 aliphatic carbocycles. The molecule has 28 heavy (non-hydrogen) atoms. The summed E-state index contributed by atoms with van der Waals surface area (Å²) in [5.41, 5.74) is 3.55. The Hall–Kier alpha value is -2.52. The van der Waals surface area contributed by atoms with Gasteiger partial charge in [0.2, 0.25) is 5.43 Å². The summed E-state index contributed by atoms with van der Waals surface area (Å²) in [6.45, 7) is 6.13. The standard InChI is InChI=1S/C19H23F2N3O4/c1-4-23-8-11(18(26)27)17(25)10-7-12(20)16(14(21)15(10)23)24-5-6-28-13(9-24)19(2,3)22/h7-8,13H,4-6,9,22H2,1-3H3,(H,26,27). The van der Waals surface area contributed by atoms with E-state index in [1.807, 2.05) is 0 Å². The number of aromatic carboxylic acids is 1. The summed E-state index contributed by atoms with van der Waals surface area (Å²) < 4.78 is 37.3. The Bertz CT molecular complexity index is 998. The number of aryl methyl sites for hydroxylation is 1. The molecule has 0 amide bonds. The van der Waals surface area contributed by atoms with Gasteiger partial charge >= 0.3 is 5.97 Å². The van der Waals surface area contributed by atoms with Crippen molar-refractivity contribution >= 4 is 22.6 Å². The highest BCUT2D eigenvalue weighted by molar-refractivity contribution is 5.93. The SMILES string of the molecule is CCn1cc(C(=O)O)c(=O)c2cc(F)c(N3CCOC(C(C)(C)N)C3)c(F)c21. The molecule has 1 fully saturated rings. The van der Waals surface area contributed by atoms with E-state index in [4.69, 9.17) is 10.5 Å². The lowest BCUT2D eigenvalue weighted by atomic mass is 9.97. The molecule has 3 rings (SSSR count). The molecule has 1 aromatic heterocycles.